The largest absolute Gasteiger partial charge is 0.445 e. The Morgan fingerprint density at radius 2 is 1.96 bits per heavy atom. The molecule has 5 nitrogen and oxygen atoms in total. The third kappa shape index (κ3) is 2.21. The number of carbonyl (C=O) groups excluding carboxylic acids is 2. The topological polar surface area (TPSA) is 67.4 Å². The molecule has 4 aliphatic rings. The van der Waals surface area contributed by atoms with E-state index >= 15 is 0 Å². The first-order chi connectivity index (χ1) is 11.7. The number of hydrogen-bond donors (Lipinski definition) is 2. The van der Waals surface area contributed by atoms with E-state index in [0.29, 0.717) is 6.54 Å². The van der Waals surface area contributed by atoms with Crippen molar-refractivity contribution in [2.45, 2.75) is 37.8 Å². The van der Waals surface area contributed by atoms with Gasteiger partial charge in [-0.05, 0) is 60.0 Å². The molecule has 6 atom stereocenters. The molecule has 3 saturated carbocycles. The van der Waals surface area contributed by atoms with Crippen molar-refractivity contribution in [1.82, 2.24) is 10.6 Å². The Hall–Kier alpha value is -2.04. The van der Waals surface area contributed by atoms with Crippen LogP contribution in [0, 0.1) is 23.7 Å². The van der Waals surface area contributed by atoms with Gasteiger partial charge >= 0.3 is 6.09 Å². The minimum absolute atomic E-state index is 0.153. The van der Waals surface area contributed by atoms with Gasteiger partial charge < -0.3 is 15.4 Å². The molecule has 5 heteroatoms. The van der Waals surface area contributed by atoms with Crippen LogP contribution in [-0.4, -0.2) is 24.6 Å². The van der Waals surface area contributed by atoms with E-state index in [0.717, 1.165) is 35.2 Å². The summed E-state index contributed by atoms with van der Waals surface area (Å²) in [5.41, 5.74) is 2.44. The quantitative estimate of drug-likeness (QED) is 0.833. The van der Waals surface area contributed by atoms with Crippen molar-refractivity contribution >= 4 is 12.0 Å². The fourth-order valence-corrected chi connectivity index (χ4v) is 5.34. The molecule has 126 valence electrons. The van der Waals surface area contributed by atoms with E-state index in [1.807, 2.05) is 0 Å². The number of benzene rings is 1. The second kappa shape index (κ2) is 5.23. The first-order valence-corrected chi connectivity index (χ1v) is 9.00. The third-order valence-corrected chi connectivity index (χ3v) is 6.64. The summed E-state index contributed by atoms with van der Waals surface area (Å²) in [5, 5.41) is 5.13. The Morgan fingerprint density at radius 1 is 1.17 bits per heavy atom. The summed E-state index contributed by atoms with van der Waals surface area (Å²) < 4.78 is 5.19. The molecule has 1 saturated heterocycles. The van der Waals surface area contributed by atoms with E-state index in [9.17, 15) is 9.59 Å². The number of nitrogens with one attached hydrogen (secondary N) is 2. The van der Waals surface area contributed by atoms with E-state index in [1.54, 1.807) is 0 Å². The molecular formula is C19H22N2O3. The highest BCUT2D eigenvalue weighted by molar-refractivity contribution is 5.90. The average Bonchev–Trinajstić information content (AvgIpc) is 2.96. The van der Waals surface area contributed by atoms with Crippen LogP contribution in [-0.2, 0) is 16.1 Å². The number of hydrogen-bond acceptors (Lipinski definition) is 3. The van der Waals surface area contributed by atoms with Crippen LogP contribution in [0.25, 0.3) is 0 Å². The molecule has 1 aromatic carbocycles. The lowest BCUT2D eigenvalue weighted by Gasteiger charge is -2.26. The van der Waals surface area contributed by atoms with Gasteiger partial charge in [-0.15, -0.1) is 0 Å². The monoisotopic (exact) mass is 326 g/mol. The summed E-state index contributed by atoms with van der Waals surface area (Å²) >= 11 is 0. The van der Waals surface area contributed by atoms with Gasteiger partial charge in [0.1, 0.15) is 12.6 Å². The van der Waals surface area contributed by atoms with Crippen molar-refractivity contribution in [2.75, 3.05) is 6.54 Å². The highest BCUT2D eigenvalue weighted by Crippen LogP contribution is 2.72. The molecule has 3 aliphatic carbocycles. The molecule has 0 aromatic heterocycles. The Kier molecular flexibility index (Phi) is 3.12. The maximum absolute atomic E-state index is 11.7. The molecule has 2 N–H and O–H groups in total. The van der Waals surface area contributed by atoms with Gasteiger partial charge in [-0.25, -0.2) is 4.79 Å². The minimum atomic E-state index is -0.535. The van der Waals surface area contributed by atoms with Crippen LogP contribution in [0.5, 0.6) is 0 Å². The zero-order chi connectivity index (χ0) is 16.3. The summed E-state index contributed by atoms with van der Waals surface area (Å²) in [6.45, 7) is 0.718. The van der Waals surface area contributed by atoms with Crippen molar-refractivity contribution in [3.8, 4) is 0 Å². The average molecular weight is 326 g/mol. The number of amides is 2. The smallest absolute Gasteiger partial charge is 0.408 e. The van der Waals surface area contributed by atoms with Crippen molar-refractivity contribution in [2.24, 2.45) is 23.7 Å². The summed E-state index contributed by atoms with van der Waals surface area (Å²) in [6, 6.07) is 8.10. The van der Waals surface area contributed by atoms with Crippen LogP contribution in [0.2, 0.25) is 0 Å². The van der Waals surface area contributed by atoms with Gasteiger partial charge in [0.25, 0.3) is 0 Å². The zero-order valence-electron chi connectivity index (χ0n) is 13.5. The van der Waals surface area contributed by atoms with Gasteiger partial charge in [-0.3, -0.25) is 4.79 Å². The first-order valence-electron chi connectivity index (χ1n) is 9.00. The fourth-order valence-electron chi connectivity index (χ4n) is 5.34. The lowest BCUT2D eigenvalue weighted by Crippen LogP contribution is -2.61. The molecule has 5 unspecified atom stereocenters. The molecule has 0 spiro atoms. The molecule has 1 heterocycles. The van der Waals surface area contributed by atoms with Crippen LogP contribution < -0.4 is 10.6 Å². The second-order valence-electron chi connectivity index (χ2n) is 7.75. The maximum atomic E-state index is 11.7. The van der Waals surface area contributed by atoms with Crippen LogP contribution in [0.15, 0.2) is 24.3 Å². The second-order valence-corrected chi connectivity index (χ2v) is 7.75. The molecule has 2 amide bonds. The zero-order valence-corrected chi connectivity index (χ0v) is 13.5. The lowest BCUT2D eigenvalue weighted by atomic mass is 9.86. The Labute approximate surface area is 141 Å². The molecule has 1 aromatic rings. The number of alkyl carbamates (subject to hydrolysis) is 1. The third-order valence-electron chi connectivity index (χ3n) is 6.64. The highest BCUT2D eigenvalue weighted by atomic mass is 16.5. The van der Waals surface area contributed by atoms with E-state index in [1.165, 1.54) is 24.8 Å². The lowest BCUT2D eigenvalue weighted by molar-refractivity contribution is -0.128. The molecular weight excluding hydrogens is 304 g/mol. The van der Waals surface area contributed by atoms with E-state index < -0.39 is 12.1 Å². The van der Waals surface area contributed by atoms with Gasteiger partial charge in [0.15, 0.2) is 0 Å². The summed E-state index contributed by atoms with van der Waals surface area (Å²) in [4.78, 5) is 22.8. The molecule has 4 fully saturated rings. The molecule has 1 aliphatic heterocycles. The molecule has 0 bridgehead atoms. The van der Waals surface area contributed by atoms with Crippen LogP contribution >= 0.6 is 0 Å². The van der Waals surface area contributed by atoms with Gasteiger partial charge in [-0.2, -0.15) is 0 Å². The van der Waals surface area contributed by atoms with Gasteiger partial charge in [0.05, 0.1) is 0 Å². The number of rotatable bonds is 4. The summed E-state index contributed by atoms with van der Waals surface area (Å²) in [5.74, 6) is 4.63. The van der Waals surface area contributed by atoms with Crippen LogP contribution in [0.3, 0.4) is 0 Å². The van der Waals surface area contributed by atoms with Gasteiger partial charge in [0.2, 0.25) is 5.91 Å². The Balaban J connectivity index is 1.15. The van der Waals surface area contributed by atoms with E-state index in [2.05, 4.69) is 34.9 Å². The number of carbonyl (C=O) groups is 2. The summed E-state index contributed by atoms with van der Waals surface area (Å²) in [7, 11) is 0. The predicted molar refractivity (Wildman–Crippen MR) is 87.1 cm³/mol. The van der Waals surface area contributed by atoms with E-state index in [4.69, 9.17) is 4.74 Å². The van der Waals surface area contributed by atoms with Crippen molar-refractivity contribution < 1.29 is 14.3 Å². The van der Waals surface area contributed by atoms with Crippen molar-refractivity contribution in [1.29, 1.82) is 0 Å². The summed E-state index contributed by atoms with van der Waals surface area (Å²) in [6.07, 6.45) is 3.71. The SMILES string of the molecule is O=C(N[C@H]1CNC1=O)OCc1ccc(C2CC3C4CCC2C43)cc1. The number of ether oxygens (including phenoxy) is 1. The number of fused-ring (bicyclic) bond motifs is 1. The van der Waals surface area contributed by atoms with Crippen molar-refractivity contribution in [3.63, 3.8) is 0 Å². The normalized spacial score (nSPS) is 38.1. The van der Waals surface area contributed by atoms with Gasteiger partial charge in [-0.1, -0.05) is 24.3 Å². The van der Waals surface area contributed by atoms with E-state index in [-0.39, 0.29) is 12.5 Å². The molecule has 5 rings (SSSR count). The maximum Gasteiger partial charge on any atom is 0.408 e. The van der Waals surface area contributed by atoms with Crippen molar-refractivity contribution in [3.05, 3.63) is 35.4 Å². The highest BCUT2D eigenvalue weighted by Gasteiger charge is 2.64. The fraction of sp³-hybridized carbons (Fsp3) is 0.579. The standard InChI is InChI=1S/C19H22N2O3/c22-18-16(8-20-18)21-19(23)24-9-10-1-3-11(4-2-10)14-7-15-13-6-5-12(14)17(13)15/h1-4,12-17H,5-9H2,(H,20,22)(H,21,23)/t12?,13?,14?,15?,16-,17?/m0/s1. The van der Waals surface area contributed by atoms with Gasteiger partial charge in [0, 0.05) is 6.54 Å². The predicted octanol–water partition coefficient (Wildman–Crippen LogP) is 2.17. The van der Waals surface area contributed by atoms with Crippen LogP contribution in [0.1, 0.15) is 36.3 Å². The Bertz CT molecular complexity index is 686. The van der Waals surface area contributed by atoms with Crippen LogP contribution in [0.4, 0.5) is 4.79 Å². The molecule has 0 radical (unpaired) electrons. The number of β-lactam (4-membered cyclic amide) rings is 1. The Morgan fingerprint density at radius 3 is 2.62 bits per heavy atom. The first kappa shape index (κ1) is 14.3. The minimum Gasteiger partial charge on any atom is -0.445 e. The molecule has 24 heavy (non-hydrogen) atoms.